The first kappa shape index (κ1) is 15.7. The molecule has 0 saturated carbocycles. The number of nitrogens with one attached hydrogen (secondary N) is 1. The summed E-state index contributed by atoms with van der Waals surface area (Å²) in [5.41, 5.74) is 2.12. The second kappa shape index (κ2) is 7.96. The van der Waals surface area contributed by atoms with Crippen molar-refractivity contribution in [2.75, 3.05) is 20.3 Å². The Bertz CT molecular complexity index is 507. The Hall–Kier alpha value is -1.65. The lowest BCUT2D eigenvalue weighted by Gasteiger charge is -2.27. The van der Waals surface area contributed by atoms with Gasteiger partial charge >= 0.3 is 0 Å². The number of pyridine rings is 1. The molecule has 0 radical (unpaired) electrons. The van der Waals surface area contributed by atoms with Gasteiger partial charge in [0.2, 0.25) is 0 Å². The normalized spacial score (nSPS) is 20.3. The number of methoxy groups -OCH3 is 1. The van der Waals surface area contributed by atoms with Gasteiger partial charge in [-0.05, 0) is 38.5 Å². The number of hydrogen-bond acceptors (Lipinski definition) is 4. The van der Waals surface area contributed by atoms with Crippen molar-refractivity contribution in [3.8, 4) is 5.75 Å². The molecule has 1 unspecified atom stereocenters. The monoisotopic (exact) mass is 288 g/mol. The molecular formula is C17H24N2O2. The lowest BCUT2D eigenvalue weighted by Crippen LogP contribution is -2.46. The van der Waals surface area contributed by atoms with Crippen LogP contribution in [-0.4, -0.2) is 37.4 Å². The molecule has 1 aliphatic rings. The maximum atomic E-state index is 5.81. The summed E-state index contributed by atoms with van der Waals surface area (Å²) in [7, 11) is 1.71. The largest absolute Gasteiger partial charge is 0.490 e. The summed E-state index contributed by atoms with van der Waals surface area (Å²) in [5, 5.41) is 3.32. The van der Waals surface area contributed by atoms with Crippen molar-refractivity contribution in [3.63, 3.8) is 0 Å². The van der Waals surface area contributed by atoms with Crippen molar-refractivity contribution in [1.29, 1.82) is 0 Å². The third-order valence-corrected chi connectivity index (χ3v) is 3.68. The molecule has 0 amide bonds. The quantitative estimate of drug-likeness (QED) is 0.784. The first-order valence-corrected chi connectivity index (χ1v) is 7.42. The van der Waals surface area contributed by atoms with Crippen LogP contribution < -0.4 is 10.1 Å². The van der Waals surface area contributed by atoms with E-state index in [2.05, 4.69) is 16.4 Å². The van der Waals surface area contributed by atoms with Crippen LogP contribution in [0.2, 0.25) is 0 Å². The van der Waals surface area contributed by atoms with Crippen molar-refractivity contribution < 1.29 is 9.47 Å². The van der Waals surface area contributed by atoms with Crippen molar-refractivity contribution in [3.05, 3.63) is 42.3 Å². The SMILES string of the molecule is C/C=C\C=C(\c1cncc(OC[C@@H]2CCN2)c1)C(C)OC. The van der Waals surface area contributed by atoms with Gasteiger partial charge in [-0.15, -0.1) is 0 Å². The summed E-state index contributed by atoms with van der Waals surface area (Å²) in [6.07, 6.45) is 10.9. The van der Waals surface area contributed by atoms with Crippen LogP contribution in [0.25, 0.3) is 5.57 Å². The topological polar surface area (TPSA) is 43.4 Å². The number of nitrogens with zero attached hydrogens (tertiary/aromatic N) is 1. The van der Waals surface area contributed by atoms with E-state index >= 15 is 0 Å². The van der Waals surface area contributed by atoms with E-state index < -0.39 is 0 Å². The van der Waals surface area contributed by atoms with E-state index in [9.17, 15) is 0 Å². The van der Waals surface area contributed by atoms with Crippen molar-refractivity contribution in [2.45, 2.75) is 32.4 Å². The average Bonchev–Trinajstić information content (AvgIpc) is 2.46. The third-order valence-electron chi connectivity index (χ3n) is 3.68. The Labute approximate surface area is 126 Å². The second-order valence-corrected chi connectivity index (χ2v) is 5.19. The first-order chi connectivity index (χ1) is 10.2. The van der Waals surface area contributed by atoms with Gasteiger partial charge in [-0.25, -0.2) is 0 Å². The summed E-state index contributed by atoms with van der Waals surface area (Å²) in [6.45, 7) is 5.81. The maximum Gasteiger partial charge on any atom is 0.138 e. The first-order valence-electron chi connectivity index (χ1n) is 7.42. The number of allylic oxidation sites excluding steroid dienone is 3. The molecule has 1 fully saturated rings. The van der Waals surface area contributed by atoms with Crippen LogP contribution in [0, 0.1) is 0 Å². The molecule has 1 aromatic heterocycles. The molecule has 2 atom stereocenters. The molecular weight excluding hydrogens is 264 g/mol. The smallest absolute Gasteiger partial charge is 0.138 e. The summed E-state index contributed by atoms with van der Waals surface area (Å²) in [5.74, 6) is 0.802. The van der Waals surface area contributed by atoms with Crippen LogP contribution in [0.1, 0.15) is 25.8 Å². The Morgan fingerprint density at radius 1 is 1.52 bits per heavy atom. The molecule has 1 N–H and O–H groups in total. The van der Waals surface area contributed by atoms with Gasteiger partial charge in [-0.3, -0.25) is 4.98 Å². The Morgan fingerprint density at radius 3 is 2.95 bits per heavy atom. The van der Waals surface area contributed by atoms with Crippen molar-refractivity contribution in [1.82, 2.24) is 10.3 Å². The summed E-state index contributed by atoms with van der Waals surface area (Å²) >= 11 is 0. The predicted octanol–water partition coefficient (Wildman–Crippen LogP) is 2.82. The molecule has 0 aromatic carbocycles. The van der Waals surface area contributed by atoms with E-state index in [0.29, 0.717) is 12.6 Å². The van der Waals surface area contributed by atoms with Crippen LogP contribution in [0.15, 0.2) is 36.7 Å². The predicted molar refractivity (Wildman–Crippen MR) is 85.4 cm³/mol. The maximum absolute atomic E-state index is 5.81. The van der Waals surface area contributed by atoms with Crippen LogP contribution in [-0.2, 0) is 4.74 Å². The molecule has 0 bridgehead atoms. The minimum Gasteiger partial charge on any atom is -0.490 e. The Balaban J connectivity index is 2.12. The molecule has 4 heteroatoms. The van der Waals surface area contributed by atoms with E-state index in [4.69, 9.17) is 9.47 Å². The van der Waals surface area contributed by atoms with Crippen molar-refractivity contribution >= 4 is 5.57 Å². The van der Waals surface area contributed by atoms with E-state index in [-0.39, 0.29) is 6.10 Å². The lowest BCUT2D eigenvalue weighted by atomic mass is 10.0. The van der Waals surface area contributed by atoms with Crippen LogP contribution in [0.5, 0.6) is 5.75 Å². The van der Waals surface area contributed by atoms with Gasteiger partial charge < -0.3 is 14.8 Å². The molecule has 2 rings (SSSR count). The van der Waals surface area contributed by atoms with Gasteiger partial charge in [0.1, 0.15) is 12.4 Å². The molecule has 1 aromatic rings. The van der Waals surface area contributed by atoms with Gasteiger partial charge in [0.05, 0.1) is 12.3 Å². The zero-order valence-electron chi connectivity index (χ0n) is 13.0. The highest BCUT2D eigenvalue weighted by molar-refractivity contribution is 5.70. The molecule has 21 heavy (non-hydrogen) atoms. The van der Waals surface area contributed by atoms with E-state index in [1.54, 1.807) is 13.3 Å². The molecule has 1 aliphatic heterocycles. The summed E-state index contributed by atoms with van der Waals surface area (Å²) < 4.78 is 11.3. The zero-order chi connectivity index (χ0) is 15.1. The van der Waals surface area contributed by atoms with E-state index in [0.717, 1.165) is 23.4 Å². The number of ether oxygens (including phenoxy) is 2. The average molecular weight is 288 g/mol. The van der Waals surface area contributed by atoms with Crippen LogP contribution in [0.4, 0.5) is 0 Å². The summed E-state index contributed by atoms with van der Waals surface area (Å²) in [4.78, 5) is 4.29. The van der Waals surface area contributed by atoms with Gasteiger partial charge in [-0.1, -0.05) is 18.2 Å². The minimum absolute atomic E-state index is 0.00606. The Kier molecular flexibility index (Phi) is 5.96. The summed E-state index contributed by atoms with van der Waals surface area (Å²) in [6, 6.07) is 2.50. The molecule has 0 spiro atoms. The third kappa shape index (κ3) is 4.41. The molecule has 114 valence electrons. The van der Waals surface area contributed by atoms with E-state index in [1.807, 2.05) is 38.3 Å². The highest BCUT2D eigenvalue weighted by atomic mass is 16.5. The standard InChI is InChI=1S/C17H24N2O2/c1-4-5-6-17(13(2)20-3)14-9-16(11-18-10-14)21-12-15-7-8-19-15/h4-6,9-11,13,15,19H,7-8,12H2,1-3H3/b5-4-,17-6+/t13?,15-/m0/s1. The Morgan fingerprint density at radius 2 is 2.33 bits per heavy atom. The number of aromatic nitrogens is 1. The fourth-order valence-corrected chi connectivity index (χ4v) is 2.14. The van der Waals surface area contributed by atoms with E-state index in [1.165, 1.54) is 6.42 Å². The molecule has 2 heterocycles. The van der Waals surface area contributed by atoms with Gasteiger partial charge in [0.25, 0.3) is 0 Å². The zero-order valence-corrected chi connectivity index (χ0v) is 13.0. The highest BCUT2D eigenvalue weighted by Gasteiger charge is 2.17. The van der Waals surface area contributed by atoms with Gasteiger partial charge in [-0.2, -0.15) is 0 Å². The van der Waals surface area contributed by atoms with Gasteiger partial charge in [0, 0.05) is 24.9 Å². The van der Waals surface area contributed by atoms with Crippen LogP contribution >= 0.6 is 0 Å². The number of hydrogen-bond donors (Lipinski definition) is 1. The number of rotatable bonds is 7. The van der Waals surface area contributed by atoms with Crippen molar-refractivity contribution in [2.24, 2.45) is 0 Å². The lowest BCUT2D eigenvalue weighted by molar-refractivity contribution is 0.163. The molecule has 0 aliphatic carbocycles. The second-order valence-electron chi connectivity index (χ2n) is 5.19. The minimum atomic E-state index is 0.00606. The highest BCUT2D eigenvalue weighted by Crippen LogP contribution is 2.23. The fourth-order valence-electron chi connectivity index (χ4n) is 2.14. The van der Waals surface area contributed by atoms with Gasteiger partial charge in [0.15, 0.2) is 0 Å². The molecule has 1 saturated heterocycles. The fraction of sp³-hybridized carbons (Fsp3) is 0.471. The van der Waals surface area contributed by atoms with Crippen LogP contribution in [0.3, 0.4) is 0 Å². The molecule has 4 nitrogen and oxygen atoms in total.